The molecule has 0 atom stereocenters. The van der Waals surface area contributed by atoms with Gasteiger partial charge in [-0.3, -0.25) is 10.1 Å². The normalized spacial score (nSPS) is 9.82. The van der Waals surface area contributed by atoms with Crippen LogP contribution in [0.15, 0.2) is 5.38 Å². The molecule has 1 aromatic rings. The zero-order valence-corrected chi connectivity index (χ0v) is 6.58. The van der Waals surface area contributed by atoms with Crippen LogP contribution in [0.3, 0.4) is 0 Å². The van der Waals surface area contributed by atoms with Gasteiger partial charge < -0.3 is 0 Å². The van der Waals surface area contributed by atoms with Crippen molar-refractivity contribution in [3.8, 4) is 0 Å². The van der Waals surface area contributed by atoms with Crippen molar-refractivity contribution in [2.24, 2.45) is 0 Å². The summed E-state index contributed by atoms with van der Waals surface area (Å²) in [6.45, 7) is 0.0114. The number of nitro groups is 1. The van der Waals surface area contributed by atoms with Crippen LogP contribution >= 0.6 is 11.5 Å². The van der Waals surface area contributed by atoms with E-state index >= 15 is 0 Å². The first-order valence-corrected chi connectivity index (χ1v) is 4.00. The Morgan fingerprint density at radius 1 is 1.73 bits per heavy atom. The lowest BCUT2D eigenvalue weighted by Gasteiger charge is -1.89. The third-order valence-corrected chi connectivity index (χ3v) is 1.73. The molecule has 1 rings (SSSR count). The highest BCUT2D eigenvalue weighted by atomic mass is 32.1. The van der Waals surface area contributed by atoms with Crippen LogP contribution in [0.4, 0.5) is 0 Å². The van der Waals surface area contributed by atoms with Gasteiger partial charge in [0.2, 0.25) is 6.54 Å². The molecule has 0 unspecified atom stereocenters. The van der Waals surface area contributed by atoms with Crippen LogP contribution in [0.2, 0.25) is 0 Å². The summed E-state index contributed by atoms with van der Waals surface area (Å²) in [5, 5.41) is 15.5. The molecule has 6 heteroatoms. The van der Waals surface area contributed by atoms with Crippen molar-refractivity contribution >= 4 is 11.5 Å². The highest BCUT2D eigenvalue weighted by Gasteiger charge is 1.99. The lowest BCUT2D eigenvalue weighted by Crippen LogP contribution is -2.01. The summed E-state index contributed by atoms with van der Waals surface area (Å²) in [5.74, 6) is 0. The average molecular weight is 173 g/mol. The summed E-state index contributed by atoms with van der Waals surface area (Å²) in [7, 11) is 0. The Balaban J connectivity index is 2.19. The van der Waals surface area contributed by atoms with E-state index in [9.17, 15) is 10.1 Å². The Morgan fingerprint density at radius 3 is 3.09 bits per heavy atom. The van der Waals surface area contributed by atoms with Gasteiger partial charge in [-0.2, -0.15) is 0 Å². The number of aromatic nitrogens is 2. The highest BCUT2D eigenvalue weighted by molar-refractivity contribution is 7.03. The van der Waals surface area contributed by atoms with Crippen LogP contribution in [-0.2, 0) is 6.42 Å². The Bertz CT molecular complexity index is 224. The summed E-state index contributed by atoms with van der Waals surface area (Å²) in [5.41, 5.74) is 0.844. The molecule has 0 aliphatic heterocycles. The molecule has 5 nitrogen and oxygen atoms in total. The van der Waals surface area contributed by atoms with Crippen LogP contribution < -0.4 is 0 Å². The van der Waals surface area contributed by atoms with E-state index in [0.29, 0.717) is 12.8 Å². The van der Waals surface area contributed by atoms with Gasteiger partial charge in [-0.1, -0.05) is 4.49 Å². The average Bonchev–Trinajstić information content (AvgIpc) is 2.39. The van der Waals surface area contributed by atoms with Crippen molar-refractivity contribution in [3.05, 3.63) is 21.2 Å². The minimum atomic E-state index is -0.320. The van der Waals surface area contributed by atoms with Gasteiger partial charge in [-0.25, -0.2) is 0 Å². The molecule has 0 bridgehead atoms. The van der Waals surface area contributed by atoms with Crippen LogP contribution in [0.25, 0.3) is 0 Å². The first-order chi connectivity index (χ1) is 5.29. The van der Waals surface area contributed by atoms with Gasteiger partial charge in [0.1, 0.15) is 0 Å². The van der Waals surface area contributed by atoms with E-state index in [2.05, 4.69) is 9.59 Å². The van der Waals surface area contributed by atoms with Gasteiger partial charge in [-0.05, 0) is 18.0 Å². The highest BCUT2D eigenvalue weighted by Crippen LogP contribution is 2.00. The van der Waals surface area contributed by atoms with E-state index in [1.165, 1.54) is 11.5 Å². The summed E-state index contributed by atoms with van der Waals surface area (Å²) < 4.78 is 3.64. The lowest BCUT2D eigenvalue weighted by molar-refractivity contribution is -0.480. The van der Waals surface area contributed by atoms with Crippen molar-refractivity contribution in [2.45, 2.75) is 12.8 Å². The molecular weight excluding hydrogens is 166 g/mol. The van der Waals surface area contributed by atoms with E-state index in [1.807, 2.05) is 0 Å². The molecule has 0 radical (unpaired) electrons. The molecule has 0 aromatic carbocycles. The SMILES string of the molecule is O=[N+]([O-])CCCc1csnn1. The van der Waals surface area contributed by atoms with Gasteiger partial charge in [0, 0.05) is 16.7 Å². The van der Waals surface area contributed by atoms with Gasteiger partial charge in [0.05, 0.1) is 5.69 Å². The fourth-order valence-electron chi connectivity index (χ4n) is 0.682. The maximum absolute atomic E-state index is 9.90. The van der Waals surface area contributed by atoms with Crippen molar-refractivity contribution in [2.75, 3.05) is 6.54 Å². The van der Waals surface area contributed by atoms with Gasteiger partial charge in [-0.15, -0.1) is 5.10 Å². The van der Waals surface area contributed by atoms with Gasteiger partial charge >= 0.3 is 0 Å². The molecule has 0 amide bonds. The Labute approximate surface area is 67.4 Å². The predicted molar refractivity (Wildman–Crippen MR) is 40.1 cm³/mol. The summed E-state index contributed by atoms with van der Waals surface area (Å²) in [6, 6.07) is 0. The molecule has 11 heavy (non-hydrogen) atoms. The molecule has 60 valence electrons. The number of nitrogens with zero attached hydrogens (tertiary/aromatic N) is 3. The van der Waals surface area contributed by atoms with Crippen LogP contribution in [-0.4, -0.2) is 21.1 Å². The molecule has 0 aliphatic rings. The molecule has 0 saturated heterocycles. The predicted octanol–water partition coefficient (Wildman–Crippen LogP) is 0.747. The minimum Gasteiger partial charge on any atom is -0.265 e. The standard InChI is InChI=1S/C5H7N3O2S/c9-8(10)3-1-2-5-4-11-7-6-5/h4H,1-3H2. The zero-order valence-electron chi connectivity index (χ0n) is 5.77. The van der Waals surface area contributed by atoms with Gasteiger partial charge in [0.15, 0.2) is 0 Å². The van der Waals surface area contributed by atoms with E-state index in [1.54, 1.807) is 5.38 Å². The molecular formula is C5H7N3O2S. The largest absolute Gasteiger partial charge is 0.265 e. The quantitative estimate of drug-likeness (QED) is 0.497. The number of rotatable bonds is 4. The lowest BCUT2D eigenvalue weighted by atomic mass is 10.3. The molecule has 0 fully saturated rings. The van der Waals surface area contributed by atoms with E-state index in [4.69, 9.17) is 0 Å². The van der Waals surface area contributed by atoms with E-state index in [0.717, 1.165) is 5.69 Å². The first kappa shape index (κ1) is 8.06. The summed E-state index contributed by atoms with van der Waals surface area (Å²) in [6.07, 6.45) is 1.19. The van der Waals surface area contributed by atoms with Crippen molar-refractivity contribution in [3.63, 3.8) is 0 Å². The maximum Gasteiger partial charge on any atom is 0.204 e. The fraction of sp³-hybridized carbons (Fsp3) is 0.600. The second-order valence-corrected chi connectivity index (χ2v) is 2.67. The molecule has 0 saturated carbocycles. The van der Waals surface area contributed by atoms with E-state index < -0.39 is 0 Å². The molecule has 0 aliphatic carbocycles. The third kappa shape index (κ3) is 3.03. The fourth-order valence-corrected chi connectivity index (χ4v) is 1.17. The molecule has 0 N–H and O–H groups in total. The summed E-state index contributed by atoms with van der Waals surface area (Å²) >= 11 is 1.27. The monoisotopic (exact) mass is 173 g/mol. The van der Waals surface area contributed by atoms with Crippen molar-refractivity contribution in [1.29, 1.82) is 0 Å². The topological polar surface area (TPSA) is 68.9 Å². The summed E-state index contributed by atoms with van der Waals surface area (Å²) in [4.78, 5) is 9.58. The number of hydrogen-bond acceptors (Lipinski definition) is 5. The first-order valence-electron chi connectivity index (χ1n) is 3.17. The number of hydrogen-bond donors (Lipinski definition) is 0. The van der Waals surface area contributed by atoms with Gasteiger partial charge in [0.25, 0.3) is 0 Å². The second-order valence-electron chi connectivity index (χ2n) is 2.06. The van der Waals surface area contributed by atoms with Crippen molar-refractivity contribution < 1.29 is 4.92 Å². The minimum absolute atomic E-state index is 0.0114. The van der Waals surface area contributed by atoms with Crippen LogP contribution in [0.5, 0.6) is 0 Å². The Kier molecular flexibility index (Phi) is 2.91. The molecule has 1 heterocycles. The maximum atomic E-state index is 9.90. The molecule has 0 spiro atoms. The van der Waals surface area contributed by atoms with Crippen LogP contribution in [0.1, 0.15) is 12.1 Å². The Morgan fingerprint density at radius 2 is 2.55 bits per heavy atom. The zero-order chi connectivity index (χ0) is 8.10. The second kappa shape index (κ2) is 3.97. The number of aryl methyl sites for hydroxylation is 1. The smallest absolute Gasteiger partial charge is 0.204 e. The third-order valence-electron chi connectivity index (χ3n) is 1.18. The molecule has 1 aromatic heterocycles. The van der Waals surface area contributed by atoms with Crippen LogP contribution in [0, 0.1) is 10.1 Å². The Hall–Kier alpha value is -1.04. The van der Waals surface area contributed by atoms with E-state index in [-0.39, 0.29) is 11.5 Å². The van der Waals surface area contributed by atoms with Crippen molar-refractivity contribution in [1.82, 2.24) is 9.59 Å².